The molecule has 28 heavy (non-hydrogen) atoms. The molecule has 0 fully saturated rings. The first-order valence-corrected chi connectivity index (χ1v) is 9.69. The maximum Gasteiger partial charge on any atom is 0.519 e. The Balaban J connectivity index is 2.21. The molecule has 0 N–H and O–H groups in total. The first-order chi connectivity index (χ1) is 13.3. The second-order valence-corrected chi connectivity index (χ2v) is 6.73. The molecule has 2 rings (SSSR count). The third-order valence-corrected chi connectivity index (χ3v) is 4.43. The van der Waals surface area contributed by atoms with Crippen molar-refractivity contribution in [2.45, 2.75) is 53.8 Å². The number of ether oxygens (including phenoxy) is 4. The number of hydrogen-bond acceptors (Lipinski definition) is 5. The fourth-order valence-corrected chi connectivity index (χ4v) is 3.04. The van der Waals surface area contributed by atoms with Crippen molar-refractivity contribution < 1.29 is 23.7 Å². The first kappa shape index (κ1) is 21.9. The molecule has 0 amide bonds. The second-order valence-electron chi connectivity index (χ2n) is 6.73. The minimum absolute atomic E-state index is 0.194. The van der Waals surface area contributed by atoms with Gasteiger partial charge >= 0.3 is 6.16 Å². The van der Waals surface area contributed by atoms with Gasteiger partial charge in [0.15, 0.2) is 0 Å². The van der Waals surface area contributed by atoms with E-state index in [0.717, 1.165) is 22.3 Å². The van der Waals surface area contributed by atoms with Crippen molar-refractivity contribution in [2.24, 2.45) is 0 Å². The number of rotatable bonds is 8. The predicted molar refractivity (Wildman–Crippen MR) is 109 cm³/mol. The standard InChI is InChI=1S/C23H30O5/c1-7-25-17(5)19-13-15(3)9-11-21(19)27-23(24)28-22-12-10-16(4)14-20(22)18(6)26-8-2/h9-14,17-18H,7-8H2,1-6H3. The molecule has 2 aromatic rings. The minimum Gasteiger partial charge on any atom is -0.394 e. The van der Waals surface area contributed by atoms with E-state index in [4.69, 9.17) is 18.9 Å². The summed E-state index contributed by atoms with van der Waals surface area (Å²) in [4.78, 5) is 12.5. The summed E-state index contributed by atoms with van der Waals surface area (Å²) < 4.78 is 22.4. The molecule has 0 saturated carbocycles. The largest absolute Gasteiger partial charge is 0.519 e. The van der Waals surface area contributed by atoms with Crippen molar-refractivity contribution in [3.8, 4) is 11.5 Å². The molecular weight excluding hydrogens is 356 g/mol. The third kappa shape index (κ3) is 5.81. The number of benzene rings is 2. The lowest BCUT2D eigenvalue weighted by atomic mass is 10.1. The number of carbonyl (C=O) groups excluding carboxylic acids is 1. The van der Waals surface area contributed by atoms with E-state index in [1.165, 1.54) is 0 Å². The van der Waals surface area contributed by atoms with Gasteiger partial charge < -0.3 is 18.9 Å². The van der Waals surface area contributed by atoms with Crippen LogP contribution in [0.2, 0.25) is 0 Å². The van der Waals surface area contributed by atoms with Crippen molar-refractivity contribution in [2.75, 3.05) is 13.2 Å². The number of carbonyl (C=O) groups is 1. The summed E-state index contributed by atoms with van der Waals surface area (Å²) in [5.74, 6) is 0.867. The van der Waals surface area contributed by atoms with Crippen molar-refractivity contribution in [1.82, 2.24) is 0 Å². The molecule has 2 unspecified atom stereocenters. The summed E-state index contributed by atoms with van der Waals surface area (Å²) in [7, 11) is 0. The van der Waals surface area contributed by atoms with Crippen LogP contribution < -0.4 is 9.47 Å². The Bertz CT molecular complexity index is 734. The average molecular weight is 386 g/mol. The Hall–Kier alpha value is -2.37. The van der Waals surface area contributed by atoms with Gasteiger partial charge in [-0.15, -0.1) is 0 Å². The Morgan fingerprint density at radius 2 is 1.18 bits per heavy atom. The molecule has 152 valence electrons. The van der Waals surface area contributed by atoms with Gasteiger partial charge in [-0.2, -0.15) is 0 Å². The van der Waals surface area contributed by atoms with Crippen LogP contribution in [0.4, 0.5) is 4.79 Å². The smallest absolute Gasteiger partial charge is 0.394 e. The van der Waals surface area contributed by atoms with Gasteiger partial charge in [-0.3, -0.25) is 0 Å². The molecule has 0 aliphatic heterocycles. The van der Waals surface area contributed by atoms with Gasteiger partial charge in [-0.25, -0.2) is 4.79 Å². The van der Waals surface area contributed by atoms with Crippen LogP contribution in [0.3, 0.4) is 0 Å². The fourth-order valence-electron chi connectivity index (χ4n) is 3.04. The zero-order valence-corrected chi connectivity index (χ0v) is 17.6. The summed E-state index contributed by atoms with van der Waals surface area (Å²) in [6.07, 6.45) is -1.18. The van der Waals surface area contributed by atoms with Crippen molar-refractivity contribution in [3.63, 3.8) is 0 Å². The second kappa shape index (κ2) is 10.2. The highest BCUT2D eigenvalue weighted by molar-refractivity contribution is 5.68. The quantitative estimate of drug-likeness (QED) is 0.407. The molecule has 0 saturated heterocycles. The third-order valence-electron chi connectivity index (χ3n) is 4.43. The Labute approximate surface area is 167 Å². The maximum atomic E-state index is 12.5. The normalized spacial score (nSPS) is 13.1. The summed E-state index contributed by atoms with van der Waals surface area (Å²) >= 11 is 0. The highest BCUT2D eigenvalue weighted by Gasteiger charge is 2.19. The summed E-state index contributed by atoms with van der Waals surface area (Å²) in [6, 6.07) is 11.2. The minimum atomic E-state index is -0.789. The fraction of sp³-hybridized carbons (Fsp3) is 0.435. The van der Waals surface area contributed by atoms with Crippen LogP contribution in [0.1, 0.15) is 62.2 Å². The molecule has 0 heterocycles. The molecule has 0 aliphatic rings. The average Bonchev–Trinajstić information content (AvgIpc) is 2.65. The van der Waals surface area contributed by atoms with Gasteiger partial charge in [0.25, 0.3) is 0 Å². The number of aryl methyl sites for hydroxylation is 2. The van der Waals surface area contributed by atoms with Crippen molar-refractivity contribution in [1.29, 1.82) is 0 Å². The summed E-state index contributed by atoms with van der Waals surface area (Å²) in [6.45, 7) is 12.8. The Morgan fingerprint density at radius 1 is 0.786 bits per heavy atom. The van der Waals surface area contributed by atoms with Crippen LogP contribution in [0.25, 0.3) is 0 Å². The van der Waals surface area contributed by atoms with Crippen LogP contribution in [0.15, 0.2) is 36.4 Å². The molecule has 0 bridgehead atoms. The lowest BCUT2D eigenvalue weighted by molar-refractivity contribution is 0.0723. The van der Waals surface area contributed by atoms with E-state index >= 15 is 0 Å². The zero-order chi connectivity index (χ0) is 20.7. The summed E-state index contributed by atoms with van der Waals surface area (Å²) in [5, 5.41) is 0. The van der Waals surface area contributed by atoms with Gasteiger partial charge in [0.1, 0.15) is 11.5 Å². The molecule has 0 radical (unpaired) electrons. The van der Waals surface area contributed by atoms with E-state index in [1.54, 1.807) is 12.1 Å². The zero-order valence-electron chi connectivity index (χ0n) is 17.6. The molecular formula is C23H30O5. The highest BCUT2D eigenvalue weighted by atomic mass is 16.7. The van der Waals surface area contributed by atoms with Crippen LogP contribution >= 0.6 is 0 Å². The predicted octanol–water partition coefficient (Wildman–Crippen LogP) is 6.08. The van der Waals surface area contributed by atoms with Gasteiger partial charge in [-0.05, 0) is 65.8 Å². The molecule has 0 aliphatic carbocycles. The van der Waals surface area contributed by atoms with Gasteiger partial charge in [0.2, 0.25) is 0 Å². The van der Waals surface area contributed by atoms with Gasteiger partial charge in [0, 0.05) is 24.3 Å². The molecule has 2 atom stereocenters. The maximum absolute atomic E-state index is 12.5. The van der Waals surface area contributed by atoms with Crippen molar-refractivity contribution >= 4 is 6.16 Å². The molecule has 0 spiro atoms. The summed E-state index contributed by atoms with van der Waals surface area (Å²) in [5.41, 5.74) is 3.75. The first-order valence-electron chi connectivity index (χ1n) is 9.69. The monoisotopic (exact) mass is 386 g/mol. The molecule has 2 aromatic carbocycles. The molecule has 5 heteroatoms. The van der Waals surface area contributed by atoms with E-state index in [9.17, 15) is 4.79 Å². The van der Waals surface area contributed by atoms with Crippen molar-refractivity contribution in [3.05, 3.63) is 58.7 Å². The van der Waals surface area contributed by atoms with E-state index in [2.05, 4.69) is 0 Å². The van der Waals surface area contributed by atoms with E-state index in [0.29, 0.717) is 24.7 Å². The van der Waals surface area contributed by atoms with Crippen LogP contribution in [0, 0.1) is 13.8 Å². The van der Waals surface area contributed by atoms with Gasteiger partial charge in [0.05, 0.1) is 12.2 Å². The lowest BCUT2D eigenvalue weighted by Crippen LogP contribution is -2.17. The lowest BCUT2D eigenvalue weighted by Gasteiger charge is -2.18. The molecule has 0 aromatic heterocycles. The van der Waals surface area contributed by atoms with E-state index in [1.807, 2.05) is 65.8 Å². The Morgan fingerprint density at radius 3 is 1.54 bits per heavy atom. The van der Waals surface area contributed by atoms with E-state index in [-0.39, 0.29) is 12.2 Å². The van der Waals surface area contributed by atoms with Crippen LogP contribution in [0.5, 0.6) is 11.5 Å². The van der Waals surface area contributed by atoms with Gasteiger partial charge in [-0.1, -0.05) is 23.3 Å². The highest BCUT2D eigenvalue weighted by Crippen LogP contribution is 2.31. The van der Waals surface area contributed by atoms with Crippen LogP contribution in [-0.2, 0) is 9.47 Å². The SMILES string of the molecule is CCOC(C)c1cc(C)ccc1OC(=O)Oc1ccc(C)cc1C(C)OCC. The topological polar surface area (TPSA) is 54.0 Å². The van der Waals surface area contributed by atoms with Crippen LogP contribution in [-0.4, -0.2) is 19.4 Å². The molecule has 5 nitrogen and oxygen atoms in total. The van der Waals surface area contributed by atoms with E-state index < -0.39 is 6.16 Å². The Kier molecular flexibility index (Phi) is 8.03. The number of hydrogen-bond donors (Lipinski definition) is 0.